The highest BCUT2D eigenvalue weighted by Crippen LogP contribution is 2.21. The van der Waals surface area contributed by atoms with Gasteiger partial charge in [0.05, 0.1) is 0 Å². The SMILES string of the molecule is Cc1ccc(C)c(NC(=S)N2CCN(Cc3ccc(F)cc3Cl)CC2)c1. The van der Waals surface area contributed by atoms with Crippen LogP contribution in [0.15, 0.2) is 36.4 Å². The minimum Gasteiger partial charge on any atom is -0.346 e. The topological polar surface area (TPSA) is 18.5 Å². The van der Waals surface area contributed by atoms with E-state index in [4.69, 9.17) is 23.8 Å². The summed E-state index contributed by atoms with van der Waals surface area (Å²) in [5.74, 6) is -0.300. The first kappa shape index (κ1) is 19.1. The molecule has 0 unspecified atom stereocenters. The Morgan fingerprint density at radius 2 is 1.85 bits per heavy atom. The van der Waals surface area contributed by atoms with Crippen LogP contribution < -0.4 is 5.32 Å². The van der Waals surface area contributed by atoms with Gasteiger partial charge in [-0.05, 0) is 61.0 Å². The maximum Gasteiger partial charge on any atom is 0.173 e. The van der Waals surface area contributed by atoms with E-state index in [-0.39, 0.29) is 5.82 Å². The van der Waals surface area contributed by atoms with Crippen molar-refractivity contribution in [1.29, 1.82) is 0 Å². The van der Waals surface area contributed by atoms with Gasteiger partial charge in [-0.1, -0.05) is 29.8 Å². The number of aryl methyl sites for hydroxylation is 2. The summed E-state index contributed by atoms with van der Waals surface area (Å²) in [6.07, 6.45) is 0. The number of hydrogen-bond donors (Lipinski definition) is 1. The molecular formula is C20H23ClFN3S. The predicted octanol–water partition coefficient (Wildman–Crippen LogP) is 4.61. The van der Waals surface area contributed by atoms with Crippen LogP contribution in [0.5, 0.6) is 0 Å². The number of anilines is 1. The average molecular weight is 392 g/mol. The number of nitrogens with one attached hydrogen (secondary N) is 1. The minimum atomic E-state index is -0.300. The van der Waals surface area contributed by atoms with Crippen LogP contribution in [0.25, 0.3) is 0 Å². The van der Waals surface area contributed by atoms with Gasteiger partial charge in [0.15, 0.2) is 5.11 Å². The van der Waals surface area contributed by atoms with Gasteiger partial charge in [-0.25, -0.2) is 4.39 Å². The van der Waals surface area contributed by atoms with Crippen LogP contribution in [-0.2, 0) is 6.54 Å². The Labute approximate surface area is 164 Å². The van der Waals surface area contributed by atoms with Crippen molar-refractivity contribution in [2.24, 2.45) is 0 Å². The Morgan fingerprint density at radius 3 is 2.54 bits per heavy atom. The second-order valence-corrected chi connectivity index (χ2v) is 7.54. The first-order chi connectivity index (χ1) is 12.4. The molecule has 0 atom stereocenters. The third-order valence-electron chi connectivity index (χ3n) is 4.70. The standard InChI is InChI=1S/C20H23ClFN3S/c1-14-3-4-15(2)19(11-14)23-20(26)25-9-7-24(8-10-25)13-16-5-6-17(22)12-18(16)21/h3-6,11-12H,7-10,13H2,1-2H3,(H,23,26). The molecule has 6 heteroatoms. The molecule has 3 nitrogen and oxygen atoms in total. The molecule has 1 N–H and O–H groups in total. The van der Waals surface area contributed by atoms with E-state index in [2.05, 4.69) is 47.2 Å². The first-order valence-electron chi connectivity index (χ1n) is 8.72. The van der Waals surface area contributed by atoms with E-state index in [9.17, 15) is 4.39 Å². The van der Waals surface area contributed by atoms with Crippen LogP contribution in [0.2, 0.25) is 5.02 Å². The second-order valence-electron chi connectivity index (χ2n) is 6.75. The third-order valence-corrected chi connectivity index (χ3v) is 5.42. The van der Waals surface area contributed by atoms with Gasteiger partial charge in [0, 0.05) is 43.4 Å². The van der Waals surface area contributed by atoms with Crippen LogP contribution in [0.4, 0.5) is 10.1 Å². The Kier molecular flexibility index (Phi) is 6.12. The monoisotopic (exact) mass is 391 g/mol. The fourth-order valence-corrected chi connectivity index (χ4v) is 3.58. The van der Waals surface area contributed by atoms with Gasteiger partial charge >= 0.3 is 0 Å². The van der Waals surface area contributed by atoms with E-state index >= 15 is 0 Å². The number of thiocarbonyl (C=S) groups is 1. The molecule has 1 aliphatic rings. The zero-order valence-corrected chi connectivity index (χ0v) is 16.6. The van der Waals surface area contributed by atoms with E-state index in [1.165, 1.54) is 23.3 Å². The largest absolute Gasteiger partial charge is 0.346 e. The van der Waals surface area contributed by atoms with Crippen molar-refractivity contribution >= 4 is 34.6 Å². The molecule has 1 fully saturated rings. The van der Waals surface area contributed by atoms with Crippen LogP contribution in [0, 0.1) is 19.7 Å². The van der Waals surface area contributed by atoms with Gasteiger partial charge in [0.25, 0.3) is 0 Å². The molecule has 0 radical (unpaired) electrons. The summed E-state index contributed by atoms with van der Waals surface area (Å²) in [7, 11) is 0. The molecule has 3 rings (SSSR count). The summed E-state index contributed by atoms with van der Waals surface area (Å²) in [6, 6.07) is 10.9. The maximum atomic E-state index is 13.2. The molecule has 1 aliphatic heterocycles. The van der Waals surface area contributed by atoms with E-state index in [0.29, 0.717) is 5.02 Å². The lowest BCUT2D eigenvalue weighted by Crippen LogP contribution is -2.49. The van der Waals surface area contributed by atoms with Crippen molar-refractivity contribution < 1.29 is 4.39 Å². The molecule has 0 aliphatic carbocycles. The molecule has 0 aromatic heterocycles. The number of halogens is 2. The Bertz CT molecular complexity index is 804. The van der Waals surface area contributed by atoms with Crippen molar-refractivity contribution in [2.45, 2.75) is 20.4 Å². The predicted molar refractivity (Wildman–Crippen MR) is 110 cm³/mol. The van der Waals surface area contributed by atoms with Crippen molar-refractivity contribution in [3.05, 3.63) is 63.9 Å². The van der Waals surface area contributed by atoms with Gasteiger partial charge in [-0.3, -0.25) is 4.90 Å². The zero-order valence-electron chi connectivity index (χ0n) is 15.1. The molecule has 0 bridgehead atoms. The summed E-state index contributed by atoms with van der Waals surface area (Å²) in [5.41, 5.74) is 4.41. The van der Waals surface area contributed by atoms with Gasteiger partial charge in [0.2, 0.25) is 0 Å². The quantitative estimate of drug-likeness (QED) is 0.770. The van der Waals surface area contributed by atoms with E-state index in [1.807, 2.05) is 0 Å². The molecular weight excluding hydrogens is 369 g/mol. The van der Waals surface area contributed by atoms with Gasteiger partial charge in [-0.2, -0.15) is 0 Å². The molecule has 1 heterocycles. The number of hydrogen-bond acceptors (Lipinski definition) is 2. The van der Waals surface area contributed by atoms with Crippen LogP contribution in [0.3, 0.4) is 0 Å². The molecule has 2 aromatic rings. The molecule has 0 saturated carbocycles. The summed E-state index contributed by atoms with van der Waals surface area (Å²) in [4.78, 5) is 4.51. The maximum absolute atomic E-state index is 13.2. The van der Waals surface area contributed by atoms with Gasteiger partial charge in [-0.15, -0.1) is 0 Å². The summed E-state index contributed by atoms with van der Waals surface area (Å²) in [5, 5.41) is 4.62. The van der Waals surface area contributed by atoms with E-state index in [1.54, 1.807) is 6.07 Å². The molecule has 26 heavy (non-hydrogen) atoms. The van der Waals surface area contributed by atoms with Crippen LogP contribution in [-0.4, -0.2) is 41.1 Å². The summed E-state index contributed by atoms with van der Waals surface area (Å²) in [6.45, 7) is 8.38. The lowest BCUT2D eigenvalue weighted by molar-refractivity contribution is 0.177. The van der Waals surface area contributed by atoms with Crippen molar-refractivity contribution in [2.75, 3.05) is 31.5 Å². The fourth-order valence-electron chi connectivity index (χ4n) is 3.06. The minimum absolute atomic E-state index is 0.300. The zero-order chi connectivity index (χ0) is 18.7. The average Bonchev–Trinajstić information content (AvgIpc) is 2.61. The normalized spacial score (nSPS) is 15.2. The first-order valence-corrected chi connectivity index (χ1v) is 9.50. The van der Waals surface area contributed by atoms with Crippen LogP contribution >= 0.6 is 23.8 Å². The Morgan fingerprint density at radius 1 is 1.12 bits per heavy atom. The van der Waals surface area contributed by atoms with Gasteiger partial charge < -0.3 is 10.2 Å². The number of nitrogens with zero attached hydrogens (tertiary/aromatic N) is 2. The van der Waals surface area contributed by atoms with E-state index in [0.717, 1.165) is 49.1 Å². The second kappa shape index (κ2) is 8.33. The summed E-state index contributed by atoms with van der Waals surface area (Å²) < 4.78 is 13.2. The molecule has 138 valence electrons. The molecule has 2 aromatic carbocycles. The fraction of sp³-hybridized carbons (Fsp3) is 0.350. The Balaban J connectivity index is 1.54. The number of benzene rings is 2. The van der Waals surface area contributed by atoms with Crippen molar-refractivity contribution in [3.8, 4) is 0 Å². The lowest BCUT2D eigenvalue weighted by Gasteiger charge is -2.36. The highest BCUT2D eigenvalue weighted by molar-refractivity contribution is 7.80. The van der Waals surface area contributed by atoms with Crippen LogP contribution in [0.1, 0.15) is 16.7 Å². The van der Waals surface area contributed by atoms with Crippen molar-refractivity contribution in [1.82, 2.24) is 9.80 Å². The number of rotatable bonds is 3. The smallest absolute Gasteiger partial charge is 0.173 e. The highest BCUT2D eigenvalue weighted by Gasteiger charge is 2.20. The molecule has 1 saturated heterocycles. The van der Waals surface area contributed by atoms with Gasteiger partial charge in [0.1, 0.15) is 5.82 Å². The molecule has 0 spiro atoms. The number of piperazine rings is 1. The molecule has 0 amide bonds. The Hall–Kier alpha value is -1.69. The third kappa shape index (κ3) is 4.72. The highest BCUT2D eigenvalue weighted by atomic mass is 35.5. The van der Waals surface area contributed by atoms with Crippen molar-refractivity contribution in [3.63, 3.8) is 0 Å². The van der Waals surface area contributed by atoms with E-state index < -0.39 is 0 Å². The lowest BCUT2D eigenvalue weighted by atomic mass is 10.1. The summed E-state index contributed by atoms with van der Waals surface area (Å²) >= 11 is 11.7.